The summed E-state index contributed by atoms with van der Waals surface area (Å²) in [6, 6.07) is 4.02. The first-order chi connectivity index (χ1) is 7.33. The summed E-state index contributed by atoms with van der Waals surface area (Å²) in [6.45, 7) is 0. The minimum atomic E-state index is -4.33. The SMILES string of the molecule is NC(c1ccc(C(F)(F)F)cc1)C1(O)CC1. The molecule has 2 rings (SSSR count). The van der Waals surface area contributed by atoms with E-state index in [1.54, 1.807) is 0 Å². The van der Waals surface area contributed by atoms with Gasteiger partial charge in [0.15, 0.2) is 0 Å². The number of alkyl halides is 3. The lowest BCUT2D eigenvalue weighted by Gasteiger charge is -2.18. The van der Waals surface area contributed by atoms with Gasteiger partial charge in [-0.15, -0.1) is 0 Å². The number of aliphatic hydroxyl groups is 1. The molecule has 2 nitrogen and oxygen atoms in total. The minimum absolute atomic E-state index is 0.535. The summed E-state index contributed by atoms with van der Waals surface area (Å²) in [5, 5.41) is 9.73. The smallest absolute Gasteiger partial charge is 0.388 e. The Kier molecular flexibility index (Phi) is 2.47. The van der Waals surface area contributed by atoms with Crippen LogP contribution in [0.2, 0.25) is 0 Å². The second kappa shape index (κ2) is 3.46. The zero-order chi connectivity index (χ0) is 12.0. The van der Waals surface area contributed by atoms with Gasteiger partial charge >= 0.3 is 6.18 Å². The van der Waals surface area contributed by atoms with Gasteiger partial charge < -0.3 is 10.8 Å². The first-order valence-corrected chi connectivity index (χ1v) is 4.98. The van der Waals surface area contributed by atoms with Crippen LogP contribution in [0, 0.1) is 0 Å². The van der Waals surface area contributed by atoms with Crippen molar-refractivity contribution in [3.63, 3.8) is 0 Å². The molecule has 5 heteroatoms. The molecule has 0 heterocycles. The van der Waals surface area contributed by atoms with Crippen LogP contribution in [0.3, 0.4) is 0 Å². The highest BCUT2D eigenvalue weighted by molar-refractivity contribution is 5.29. The third-order valence-corrected chi connectivity index (χ3v) is 2.94. The van der Waals surface area contributed by atoms with E-state index in [4.69, 9.17) is 5.73 Å². The largest absolute Gasteiger partial charge is 0.416 e. The van der Waals surface area contributed by atoms with Crippen molar-refractivity contribution in [2.45, 2.75) is 30.7 Å². The summed E-state index contributed by atoms with van der Waals surface area (Å²) >= 11 is 0. The van der Waals surface area contributed by atoms with E-state index in [-0.39, 0.29) is 0 Å². The van der Waals surface area contributed by atoms with Crippen LogP contribution in [0.4, 0.5) is 13.2 Å². The van der Waals surface area contributed by atoms with Crippen LogP contribution >= 0.6 is 0 Å². The van der Waals surface area contributed by atoms with Gasteiger partial charge in [-0.2, -0.15) is 13.2 Å². The highest BCUT2D eigenvalue weighted by Gasteiger charge is 2.46. The fourth-order valence-corrected chi connectivity index (χ4v) is 1.63. The maximum atomic E-state index is 12.3. The summed E-state index contributed by atoms with van der Waals surface area (Å²) in [6.07, 6.45) is -3.12. The molecule has 1 aliphatic carbocycles. The van der Waals surface area contributed by atoms with Crippen LogP contribution in [-0.2, 0) is 6.18 Å². The summed E-state index contributed by atoms with van der Waals surface area (Å²) in [7, 11) is 0. The highest BCUT2D eigenvalue weighted by atomic mass is 19.4. The fraction of sp³-hybridized carbons (Fsp3) is 0.455. The molecular weight excluding hydrogens is 219 g/mol. The van der Waals surface area contributed by atoms with E-state index in [2.05, 4.69) is 0 Å². The van der Waals surface area contributed by atoms with E-state index in [1.807, 2.05) is 0 Å². The van der Waals surface area contributed by atoms with Gasteiger partial charge in [-0.05, 0) is 30.5 Å². The Bertz CT molecular complexity index is 381. The van der Waals surface area contributed by atoms with Gasteiger partial charge in [-0.25, -0.2) is 0 Å². The third-order valence-electron chi connectivity index (χ3n) is 2.94. The van der Waals surface area contributed by atoms with E-state index >= 15 is 0 Å². The molecule has 1 aliphatic rings. The van der Waals surface area contributed by atoms with Crippen molar-refractivity contribution in [3.05, 3.63) is 35.4 Å². The van der Waals surface area contributed by atoms with Crippen molar-refractivity contribution in [2.75, 3.05) is 0 Å². The predicted octanol–water partition coefficient (Wildman–Crippen LogP) is 2.23. The van der Waals surface area contributed by atoms with Gasteiger partial charge in [-0.3, -0.25) is 0 Å². The third kappa shape index (κ3) is 2.05. The van der Waals surface area contributed by atoms with E-state index < -0.39 is 23.4 Å². The topological polar surface area (TPSA) is 46.2 Å². The molecule has 0 aliphatic heterocycles. The zero-order valence-electron chi connectivity index (χ0n) is 8.46. The lowest BCUT2D eigenvalue weighted by atomic mass is 9.99. The summed E-state index contributed by atoms with van der Waals surface area (Å²) in [5.41, 5.74) is 4.68. The molecule has 1 aromatic carbocycles. The molecule has 3 N–H and O–H groups in total. The summed E-state index contributed by atoms with van der Waals surface area (Å²) in [5.74, 6) is 0. The van der Waals surface area contributed by atoms with Crippen molar-refractivity contribution in [3.8, 4) is 0 Å². The molecule has 1 fully saturated rings. The molecule has 1 atom stereocenters. The van der Waals surface area contributed by atoms with Crippen molar-refractivity contribution >= 4 is 0 Å². The number of nitrogens with two attached hydrogens (primary N) is 1. The lowest BCUT2D eigenvalue weighted by Crippen LogP contribution is -2.27. The van der Waals surface area contributed by atoms with Crippen molar-refractivity contribution in [1.82, 2.24) is 0 Å². The molecule has 0 bridgehead atoms. The summed E-state index contributed by atoms with van der Waals surface area (Å²) < 4.78 is 36.9. The minimum Gasteiger partial charge on any atom is -0.388 e. The number of hydrogen-bond acceptors (Lipinski definition) is 2. The molecule has 0 amide bonds. The number of hydrogen-bond donors (Lipinski definition) is 2. The molecule has 1 aromatic rings. The zero-order valence-corrected chi connectivity index (χ0v) is 8.46. The molecule has 0 aromatic heterocycles. The van der Waals surface area contributed by atoms with Crippen molar-refractivity contribution < 1.29 is 18.3 Å². The first kappa shape index (κ1) is 11.4. The molecule has 0 radical (unpaired) electrons. The monoisotopic (exact) mass is 231 g/mol. The Morgan fingerprint density at radius 3 is 2.06 bits per heavy atom. The molecule has 88 valence electrons. The molecule has 16 heavy (non-hydrogen) atoms. The summed E-state index contributed by atoms with van der Waals surface area (Å²) in [4.78, 5) is 0. The van der Waals surface area contributed by atoms with E-state index in [0.717, 1.165) is 12.1 Å². The highest BCUT2D eigenvalue weighted by Crippen LogP contribution is 2.44. The van der Waals surface area contributed by atoms with Crippen LogP contribution in [0.5, 0.6) is 0 Å². The maximum Gasteiger partial charge on any atom is 0.416 e. The van der Waals surface area contributed by atoms with Gasteiger partial charge in [-0.1, -0.05) is 12.1 Å². The Morgan fingerprint density at radius 2 is 1.69 bits per heavy atom. The van der Waals surface area contributed by atoms with Crippen LogP contribution in [0.25, 0.3) is 0 Å². The van der Waals surface area contributed by atoms with Gasteiger partial charge in [0.1, 0.15) is 0 Å². The molecule has 0 saturated heterocycles. The van der Waals surface area contributed by atoms with Crippen LogP contribution in [-0.4, -0.2) is 10.7 Å². The number of rotatable bonds is 2. The Morgan fingerprint density at radius 1 is 1.19 bits per heavy atom. The predicted molar refractivity (Wildman–Crippen MR) is 52.6 cm³/mol. The lowest BCUT2D eigenvalue weighted by molar-refractivity contribution is -0.137. The quantitative estimate of drug-likeness (QED) is 0.819. The van der Waals surface area contributed by atoms with Crippen molar-refractivity contribution in [1.29, 1.82) is 0 Å². The standard InChI is InChI=1S/C11H12F3NO/c12-11(13,14)8-3-1-7(2-4-8)9(15)10(16)5-6-10/h1-4,9,16H,5-6,15H2. The van der Waals surface area contributed by atoms with Gasteiger partial charge in [0.2, 0.25) is 0 Å². The van der Waals surface area contributed by atoms with E-state index in [1.165, 1.54) is 12.1 Å². The maximum absolute atomic E-state index is 12.3. The Labute approximate surface area is 90.9 Å². The Balaban J connectivity index is 2.19. The average Bonchev–Trinajstić information content (AvgIpc) is 2.96. The van der Waals surface area contributed by atoms with E-state index in [9.17, 15) is 18.3 Å². The van der Waals surface area contributed by atoms with Gasteiger partial charge in [0.05, 0.1) is 17.2 Å². The van der Waals surface area contributed by atoms with Crippen LogP contribution < -0.4 is 5.73 Å². The average molecular weight is 231 g/mol. The van der Waals surface area contributed by atoms with Crippen LogP contribution in [0.15, 0.2) is 24.3 Å². The van der Waals surface area contributed by atoms with E-state index in [0.29, 0.717) is 18.4 Å². The molecule has 0 spiro atoms. The van der Waals surface area contributed by atoms with Gasteiger partial charge in [0.25, 0.3) is 0 Å². The molecule has 1 unspecified atom stereocenters. The second-order valence-corrected chi connectivity index (χ2v) is 4.20. The van der Waals surface area contributed by atoms with Gasteiger partial charge in [0, 0.05) is 0 Å². The number of benzene rings is 1. The second-order valence-electron chi connectivity index (χ2n) is 4.20. The van der Waals surface area contributed by atoms with Crippen LogP contribution in [0.1, 0.15) is 30.0 Å². The fourth-order valence-electron chi connectivity index (χ4n) is 1.63. The number of halogens is 3. The molecular formula is C11H12F3NO. The first-order valence-electron chi connectivity index (χ1n) is 4.98. The molecule has 1 saturated carbocycles. The van der Waals surface area contributed by atoms with Crippen molar-refractivity contribution in [2.24, 2.45) is 5.73 Å². The Hall–Kier alpha value is -1.07. The normalized spacial score (nSPS) is 20.6.